The molecule has 0 atom stereocenters. The van der Waals surface area contributed by atoms with E-state index in [1.807, 2.05) is 27.7 Å². The average molecular weight is 560 g/mol. The Labute approximate surface area is 231 Å². The number of nitrogens with one attached hydrogen (secondary N) is 1. The summed E-state index contributed by atoms with van der Waals surface area (Å²) in [5, 5.41) is 19.5. The molecule has 11 heteroatoms. The first-order valence-corrected chi connectivity index (χ1v) is 13.1. The molecule has 2 amide bonds. The number of carbonyl (C=O) groups is 2. The molecule has 0 aliphatic rings. The summed E-state index contributed by atoms with van der Waals surface area (Å²) in [7, 11) is 0. The SMILES string of the molecule is CCCCCN(CC(=O)Nc1cc(C(C)(C)C)nn1-c1ccc(Cl)c(Cl)c1)C(=O)c1cccc([N+](=O)[O-])c1. The van der Waals surface area contributed by atoms with Crippen LogP contribution in [0.3, 0.4) is 0 Å². The smallest absolute Gasteiger partial charge is 0.270 e. The lowest BCUT2D eigenvalue weighted by atomic mass is 9.92. The molecule has 0 aliphatic heterocycles. The van der Waals surface area contributed by atoms with E-state index in [-0.39, 0.29) is 23.2 Å². The Hall–Kier alpha value is -3.43. The van der Waals surface area contributed by atoms with Crippen molar-refractivity contribution in [2.24, 2.45) is 0 Å². The maximum Gasteiger partial charge on any atom is 0.270 e. The number of nitro benzene ring substituents is 1. The number of unbranched alkanes of at least 4 members (excludes halogenated alkanes) is 2. The zero-order chi connectivity index (χ0) is 28.0. The highest BCUT2D eigenvalue weighted by atomic mass is 35.5. The first kappa shape index (κ1) is 29.1. The highest BCUT2D eigenvalue weighted by Crippen LogP contribution is 2.29. The molecule has 9 nitrogen and oxygen atoms in total. The van der Waals surface area contributed by atoms with Gasteiger partial charge >= 0.3 is 0 Å². The molecule has 1 heterocycles. The van der Waals surface area contributed by atoms with Gasteiger partial charge in [0, 0.05) is 35.7 Å². The van der Waals surface area contributed by atoms with E-state index in [1.54, 1.807) is 28.9 Å². The molecule has 38 heavy (non-hydrogen) atoms. The van der Waals surface area contributed by atoms with Crippen LogP contribution < -0.4 is 5.32 Å². The largest absolute Gasteiger partial charge is 0.329 e. The third kappa shape index (κ3) is 7.33. The van der Waals surface area contributed by atoms with Gasteiger partial charge in [-0.15, -0.1) is 0 Å². The van der Waals surface area contributed by atoms with Gasteiger partial charge in [-0.2, -0.15) is 5.10 Å². The minimum atomic E-state index is -0.554. The van der Waals surface area contributed by atoms with Gasteiger partial charge in [0.2, 0.25) is 5.91 Å². The number of amides is 2. The number of benzene rings is 2. The van der Waals surface area contributed by atoms with Crippen LogP contribution >= 0.6 is 23.2 Å². The molecule has 1 aromatic heterocycles. The van der Waals surface area contributed by atoms with Crippen molar-refractivity contribution in [2.75, 3.05) is 18.4 Å². The van der Waals surface area contributed by atoms with Gasteiger partial charge in [-0.3, -0.25) is 19.7 Å². The Kier molecular flexibility index (Phi) is 9.51. The fourth-order valence-electron chi connectivity index (χ4n) is 3.75. The molecule has 0 aliphatic carbocycles. The zero-order valence-corrected chi connectivity index (χ0v) is 23.3. The highest BCUT2D eigenvalue weighted by molar-refractivity contribution is 6.42. The van der Waals surface area contributed by atoms with Crippen LogP contribution in [0.25, 0.3) is 5.69 Å². The van der Waals surface area contributed by atoms with Crippen LogP contribution in [0.4, 0.5) is 11.5 Å². The molecule has 2 aromatic carbocycles. The number of rotatable bonds is 10. The molecular formula is C27H31Cl2N5O4. The molecule has 202 valence electrons. The topological polar surface area (TPSA) is 110 Å². The predicted octanol–water partition coefficient (Wildman–Crippen LogP) is 6.66. The maximum atomic E-state index is 13.3. The number of nitrogens with zero attached hydrogens (tertiary/aromatic N) is 4. The molecule has 3 rings (SSSR count). The summed E-state index contributed by atoms with van der Waals surface area (Å²) in [6, 6.07) is 12.3. The van der Waals surface area contributed by atoms with E-state index in [0.29, 0.717) is 34.5 Å². The number of hydrogen-bond donors (Lipinski definition) is 1. The van der Waals surface area contributed by atoms with Crippen molar-refractivity contribution in [3.63, 3.8) is 0 Å². The van der Waals surface area contributed by atoms with Crippen LogP contribution in [-0.4, -0.2) is 44.5 Å². The molecule has 0 unspecified atom stereocenters. The summed E-state index contributed by atoms with van der Waals surface area (Å²) in [4.78, 5) is 38.6. The number of aromatic nitrogens is 2. The van der Waals surface area contributed by atoms with Crippen LogP contribution in [0, 0.1) is 10.1 Å². The molecule has 0 saturated heterocycles. The second kappa shape index (κ2) is 12.4. The first-order valence-electron chi connectivity index (χ1n) is 12.3. The second-order valence-corrected chi connectivity index (χ2v) is 10.8. The Morgan fingerprint density at radius 2 is 1.82 bits per heavy atom. The Bertz CT molecular complexity index is 1330. The van der Waals surface area contributed by atoms with Crippen LogP contribution in [0.5, 0.6) is 0 Å². The van der Waals surface area contributed by atoms with E-state index in [2.05, 4.69) is 10.4 Å². The first-order chi connectivity index (χ1) is 17.9. The van der Waals surface area contributed by atoms with Crippen LogP contribution in [0.1, 0.15) is 63.0 Å². The van der Waals surface area contributed by atoms with Crippen LogP contribution in [0.2, 0.25) is 10.0 Å². The van der Waals surface area contributed by atoms with E-state index in [0.717, 1.165) is 18.5 Å². The third-order valence-electron chi connectivity index (χ3n) is 5.85. The Balaban J connectivity index is 1.89. The molecule has 0 fully saturated rings. The van der Waals surface area contributed by atoms with Crippen molar-refractivity contribution in [3.05, 3.63) is 79.9 Å². The van der Waals surface area contributed by atoms with Gasteiger partial charge in [-0.05, 0) is 30.7 Å². The minimum Gasteiger partial charge on any atom is -0.329 e. The summed E-state index contributed by atoms with van der Waals surface area (Å²) in [5.74, 6) is -0.468. The quantitative estimate of drug-likeness (QED) is 0.169. The van der Waals surface area contributed by atoms with Crippen molar-refractivity contribution in [1.29, 1.82) is 0 Å². The van der Waals surface area contributed by atoms with Gasteiger partial charge in [-0.25, -0.2) is 4.68 Å². The summed E-state index contributed by atoms with van der Waals surface area (Å²) in [6.45, 7) is 8.16. The summed E-state index contributed by atoms with van der Waals surface area (Å²) in [6.07, 6.45) is 2.50. The number of halogens is 2. The summed E-state index contributed by atoms with van der Waals surface area (Å²) in [5.41, 5.74) is 1.02. The fourth-order valence-corrected chi connectivity index (χ4v) is 4.04. The summed E-state index contributed by atoms with van der Waals surface area (Å²) < 4.78 is 1.57. The monoisotopic (exact) mass is 559 g/mol. The number of anilines is 1. The molecule has 0 spiro atoms. The van der Waals surface area contributed by atoms with Crippen LogP contribution in [0.15, 0.2) is 48.5 Å². The van der Waals surface area contributed by atoms with E-state index in [9.17, 15) is 19.7 Å². The molecular weight excluding hydrogens is 529 g/mol. The number of non-ortho nitro benzene ring substituents is 1. The van der Waals surface area contributed by atoms with Crippen molar-refractivity contribution >= 4 is 46.5 Å². The van der Waals surface area contributed by atoms with E-state index < -0.39 is 16.7 Å². The standard InChI is InChI=1S/C27H31Cl2N5O4/c1-5-6-7-13-32(26(36)18-9-8-10-20(14-18)34(37)38)17-25(35)30-24-16-23(27(2,3)4)31-33(24)19-11-12-21(28)22(29)15-19/h8-12,14-16H,5-7,13,17H2,1-4H3,(H,30,35). The lowest BCUT2D eigenvalue weighted by molar-refractivity contribution is -0.384. The average Bonchev–Trinajstić information content (AvgIpc) is 3.29. The second-order valence-electron chi connectivity index (χ2n) is 9.96. The van der Waals surface area contributed by atoms with E-state index in [1.165, 1.54) is 29.2 Å². The van der Waals surface area contributed by atoms with Gasteiger partial charge < -0.3 is 10.2 Å². The lowest BCUT2D eigenvalue weighted by Gasteiger charge is -2.22. The van der Waals surface area contributed by atoms with E-state index >= 15 is 0 Å². The zero-order valence-electron chi connectivity index (χ0n) is 21.8. The van der Waals surface area contributed by atoms with Crippen molar-refractivity contribution in [3.8, 4) is 5.69 Å². The van der Waals surface area contributed by atoms with Gasteiger partial charge in [0.25, 0.3) is 11.6 Å². The Morgan fingerprint density at radius 3 is 2.45 bits per heavy atom. The van der Waals surface area contributed by atoms with Crippen molar-refractivity contribution < 1.29 is 14.5 Å². The molecule has 3 aromatic rings. The molecule has 0 radical (unpaired) electrons. The van der Waals surface area contributed by atoms with Crippen LogP contribution in [-0.2, 0) is 10.2 Å². The van der Waals surface area contributed by atoms with E-state index in [4.69, 9.17) is 23.2 Å². The lowest BCUT2D eigenvalue weighted by Crippen LogP contribution is -2.39. The molecule has 0 bridgehead atoms. The number of hydrogen-bond acceptors (Lipinski definition) is 5. The Morgan fingerprint density at radius 1 is 1.08 bits per heavy atom. The summed E-state index contributed by atoms with van der Waals surface area (Å²) >= 11 is 12.3. The van der Waals surface area contributed by atoms with Crippen molar-refractivity contribution in [1.82, 2.24) is 14.7 Å². The number of carbonyl (C=O) groups excluding carboxylic acids is 2. The maximum absolute atomic E-state index is 13.3. The molecule has 0 saturated carbocycles. The minimum absolute atomic E-state index is 0.152. The molecule has 1 N–H and O–H groups in total. The third-order valence-corrected chi connectivity index (χ3v) is 6.59. The van der Waals surface area contributed by atoms with Gasteiger partial charge in [0.1, 0.15) is 12.4 Å². The fraction of sp³-hybridized carbons (Fsp3) is 0.370. The van der Waals surface area contributed by atoms with Gasteiger partial charge in [0.05, 0.1) is 26.3 Å². The number of nitro groups is 1. The highest BCUT2D eigenvalue weighted by Gasteiger charge is 2.24. The van der Waals surface area contributed by atoms with Crippen molar-refractivity contribution in [2.45, 2.75) is 52.4 Å². The van der Waals surface area contributed by atoms with Gasteiger partial charge in [0.15, 0.2) is 0 Å². The predicted molar refractivity (Wildman–Crippen MR) is 149 cm³/mol. The normalized spacial score (nSPS) is 11.3. The van der Waals surface area contributed by atoms with Gasteiger partial charge in [-0.1, -0.05) is 69.8 Å².